The molecule has 10 nitrogen and oxygen atoms in total. The highest BCUT2D eigenvalue weighted by atomic mass is 19.4. The molecule has 2 saturated carbocycles. The van der Waals surface area contributed by atoms with E-state index in [4.69, 9.17) is 9.47 Å². The number of nitrogens with one attached hydrogen (secondary N) is 2. The summed E-state index contributed by atoms with van der Waals surface area (Å²) in [6.45, 7) is 2.03. The quantitative estimate of drug-likeness (QED) is 0.339. The van der Waals surface area contributed by atoms with Gasteiger partial charge in [0.25, 0.3) is 11.8 Å². The number of aromatic nitrogens is 2. The zero-order valence-electron chi connectivity index (χ0n) is 25.8. The molecule has 1 atom stereocenters. The standard InChI is InChI=1S/C33H35F3N6O4/c1-41-15-13-31(14-16-41)10-9-25(31)39-27(43)19-7-8-22(24(17-19)45-3)38-30-37-18-21(33(34,35)36)28(40-30)46-23-6-4-5-20-26(23)29(44)42(2)32(20)11-12-32/h4-8,17-18,25H,9-16H2,1-3H3,(H,39,43)(H,37,38,40). The Hall–Kier alpha value is -4.39. The van der Waals surface area contributed by atoms with Gasteiger partial charge < -0.3 is 29.9 Å². The van der Waals surface area contributed by atoms with Crippen molar-refractivity contribution in [3.05, 3.63) is 64.8 Å². The molecule has 0 bridgehead atoms. The maximum atomic E-state index is 14.0. The number of nitrogens with zero attached hydrogens (tertiary/aromatic N) is 4. The SMILES string of the molecule is COc1cc(C(=O)NC2CCC23CCN(C)CC3)ccc1Nc1ncc(C(F)(F)F)c(Oc2cccc3c2C(=O)N(C)C32CC2)n1. The van der Waals surface area contributed by atoms with Crippen molar-refractivity contribution in [2.24, 2.45) is 5.41 Å². The van der Waals surface area contributed by atoms with E-state index in [9.17, 15) is 22.8 Å². The van der Waals surface area contributed by atoms with Crippen molar-refractivity contribution in [2.75, 3.05) is 39.6 Å². The minimum Gasteiger partial charge on any atom is -0.495 e. The number of rotatable bonds is 7. The van der Waals surface area contributed by atoms with E-state index in [1.165, 1.54) is 13.2 Å². The predicted octanol–water partition coefficient (Wildman–Crippen LogP) is 5.72. The van der Waals surface area contributed by atoms with Crippen molar-refractivity contribution >= 4 is 23.5 Å². The molecule has 1 unspecified atom stereocenters. The van der Waals surface area contributed by atoms with Gasteiger partial charge in [0.2, 0.25) is 11.8 Å². The van der Waals surface area contributed by atoms with Crippen LogP contribution in [0.25, 0.3) is 0 Å². The first kappa shape index (κ1) is 30.3. The van der Waals surface area contributed by atoms with Gasteiger partial charge in [-0.2, -0.15) is 18.2 Å². The number of amides is 2. The zero-order valence-corrected chi connectivity index (χ0v) is 25.8. The highest BCUT2D eigenvalue weighted by molar-refractivity contribution is 6.03. The van der Waals surface area contributed by atoms with Crippen LogP contribution in [-0.4, -0.2) is 71.9 Å². The third-order valence-corrected chi connectivity index (χ3v) is 10.3. The van der Waals surface area contributed by atoms with Gasteiger partial charge in [-0.15, -0.1) is 0 Å². The van der Waals surface area contributed by atoms with Crippen molar-refractivity contribution < 1.29 is 32.2 Å². The van der Waals surface area contributed by atoms with Crippen molar-refractivity contribution in [2.45, 2.75) is 56.3 Å². The molecule has 2 aliphatic carbocycles. The predicted molar refractivity (Wildman–Crippen MR) is 162 cm³/mol. The topological polar surface area (TPSA) is 109 Å². The number of carbonyl (C=O) groups excluding carboxylic acids is 2. The van der Waals surface area contributed by atoms with Crippen molar-refractivity contribution in [1.29, 1.82) is 0 Å². The highest BCUT2D eigenvalue weighted by Gasteiger charge is 2.57. The summed E-state index contributed by atoms with van der Waals surface area (Å²) in [5.41, 5.74) is 0.254. The van der Waals surface area contributed by atoms with E-state index in [-0.39, 0.29) is 46.3 Å². The fourth-order valence-corrected chi connectivity index (χ4v) is 7.18. The van der Waals surface area contributed by atoms with Gasteiger partial charge in [-0.05, 0) is 93.9 Å². The first-order valence-electron chi connectivity index (χ1n) is 15.4. The highest BCUT2D eigenvalue weighted by Crippen LogP contribution is 2.57. The normalized spacial score (nSPS) is 21.1. The molecule has 1 aromatic heterocycles. The molecule has 7 rings (SSSR count). The van der Waals surface area contributed by atoms with Crippen LogP contribution >= 0.6 is 0 Å². The Labute approximate surface area is 264 Å². The Morgan fingerprint density at radius 3 is 2.46 bits per heavy atom. The molecular weight excluding hydrogens is 601 g/mol. The van der Waals surface area contributed by atoms with E-state index in [1.54, 1.807) is 36.2 Å². The van der Waals surface area contributed by atoms with Gasteiger partial charge in [-0.25, -0.2) is 4.98 Å². The van der Waals surface area contributed by atoms with Crippen molar-refractivity contribution in [3.8, 4) is 17.4 Å². The molecule has 4 aliphatic rings. The lowest BCUT2D eigenvalue weighted by molar-refractivity contribution is -0.139. The monoisotopic (exact) mass is 636 g/mol. The fraction of sp³-hybridized carbons (Fsp3) is 0.455. The van der Waals surface area contributed by atoms with E-state index in [2.05, 4.69) is 32.5 Å². The van der Waals surface area contributed by atoms with Crippen LogP contribution in [0, 0.1) is 5.41 Å². The first-order chi connectivity index (χ1) is 21.9. The van der Waals surface area contributed by atoms with Crippen LogP contribution in [0.4, 0.5) is 24.8 Å². The summed E-state index contributed by atoms with van der Waals surface area (Å²) in [5.74, 6) is -1.18. The summed E-state index contributed by atoms with van der Waals surface area (Å²) in [6.07, 6.45) is 1.54. The van der Waals surface area contributed by atoms with Crippen LogP contribution in [0.15, 0.2) is 42.6 Å². The number of anilines is 2. The molecular formula is C33H35F3N6O4. The molecule has 242 valence electrons. The Morgan fingerprint density at radius 2 is 1.80 bits per heavy atom. The number of halogens is 3. The number of hydrogen-bond acceptors (Lipinski definition) is 8. The van der Waals surface area contributed by atoms with Crippen LogP contribution in [0.3, 0.4) is 0 Å². The number of piperidine rings is 1. The van der Waals surface area contributed by atoms with Crippen molar-refractivity contribution in [1.82, 2.24) is 25.1 Å². The van der Waals surface area contributed by atoms with Gasteiger partial charge in [-0.1, -0.05) is 12.1 Å². The van der Waals surface area contributed by atoms with Crippen LogP contribution in [0.5, 0.6) is 17.4 Å². The first-order valence-corrected chi connectivity index (χ1v) is 15.4. The van der Waals surface area contributed by atoms with Crippen molar-refractivity contribution in [3.63, 3.8) is 0 Å². The second kappa shape index (κ2) is 10.9. The minimum absolute atomic E-state index is 0.00490. The molecule has 2 amide bonds. The van der Waals surface area contributed by atoms with Crippen LogP contribution in [0.2, 0.25) is 0 Å². The van der Waals surface area contributed by atoms with E-state index >= 15 is 0 Å². The summed E-state index contributed by atoms with van der Waals surface area (Å²) in [7, 11) is 5.23. The molecule has 2 aromatic carbocycles. The van der Waals surface area contributed by atoms with Gasteiger partial charge >= 0.3 is 6.18 Å². The van der Waals surface area contributed by atoms with Crippen LogP contribution in [-0.2, 0) is 11.7 Å². The van der Waals surface area contributed by atoms with E-state index < -0.39 is 23.2 Å². The largest absolute Gasteiger partial charge is 0.495 e. The Kier molecular flexibility index (Phi) is 7.14. The number of alkyl halides is 3. The van der Waals surface area contributed by atoms with E-state index in [1.807, 2.05) is 6.07 Å². The maximum absolute atomic E-state index is 14.0. The smallest absolute Gasteiger partial charge is 0.423 e. The molecule has 1 saturated heterocycles. The van der Waals surface area contributed by atoms with E-state index in [0.29, 0.717) is 17.4 Å². The number of hydrogen-bond donors (Lipinski definition) is 2. The Bertz CT molecular complexity index is 1720. The number of ether oxygens (including phenoxy) is 2. The second-order valence-electron chi connectivity index (χ2n) is 12.9. The summed E-state index contributed by atoms with van der Waals surface area (Å²) >= 11 is 0. The molecule has 0 radical (unpaired) electrons. The maximum Gasteiger partial charge on any atom is 0.423 e. The van der Waals surface area contributed by atoms with Gasteiger partial charge in [0.1, 0.15) is 17.1 Å². The molecule has 13 heteroatoms. The number of benzene rings is 2. The zero-order chi connectivity index (χ0) is 32.4. The van der Waals surface area contributed by atoms with Gasteiger partial charge in [0.15, 0.2) is 0 Å². The Morgan fingerprint density at radius 1 is 1.04 bits per heavy atom. The Balaban J connectivity index is 1.12. The molecule has 46 heavy (non-hydrogen) atoms. The fourth-order valence-electron chi connectivity index (χ4n) is 7.18. The molecule has 2 N–H and O–H groups in total. The lowest BCUT2D eigenvalue weighted by Crippen LogP contribution is -2.58. The molecule has 3 fully saturated rings. The third-order valence-electron chi connectivity index (χ3n) is 10.3. The summed E-state index contributed by atoms with van der Waals surface area (Å²) < 4.78 is 53.4. The summed E-state index contributed by atoms with van der Waals surface area (Å²) in [6, 6.07) is 9.83. The number of methoxy groups -OCH3 is 1. The third kappa shape index (κ3) is 5.01. The number of carbonyl (C=O) groups is 2. The molecule has 2 spiro atoms. The van der Waals surface area contributed by atoms with Gasteiger partial charge in [0.05, 0.1) is 23.9 Å². The average Bonchev–Trinajstić information content (AvgIpc) is 3.81. The van der Waals surface area contributed by atoms with Crippen LogP contribution < -0.4 is 20.1 Å². The molecule has 2 aliphatic heterocycles. The minimum atomic E-state index is -4.82. The number of fused-ring (bicyclic) bond motifs is 2. The number of likely N-dealkylation sites (tertiary alicyclic amines) is 1. The summed E-state index contributed by atoms with van der Waals surface area (Å²) in [5, 5.41) is 6.10. The lowest BCUT2D eigenvalue weighted by Gasteiger charge is -2.53. The molecule has 3 aromatic rings. The average molecular weight is 637 g/mol. The van der Waals surface area contributed by atoms with Gasteiger partial charge in [0, 0.05) is 24.8 Å². The van der Waals surface area contributed by atoms with E-state index in [0.717, 1.165) is 57.2 Å². The lowest BCUT2D eigenvalue weighted by atomic mass is 9.59. The summed E-state index contributed by atoms with van der Waals surface area (Å²) in [4.78, 5) is 38.2. The van der Waals surface area contributed by atoms with Gasteiger partial charge in [-0.3, -0.25) is 9.59 Å². The molecule has 3 heterocycles. The second-order valence-corrected chi connectivity index (χ2v) is 12.9. The van der Waals surface area contributed by atoms with Crippen LogP contribution in [0.1, 0.15) is 70.4 Å².